The van der Waals surface area contributed by atoms with Gasteiger partial charge >= 0.3 is 6.18 Å². The topological polar surface area (TPSA) is 25.8 Å². The van der Waals surface area contributed by atoms with Gasteiger partial charge in [0.2, 0.25) is 0 Å². The van der Waals surface area contributed by atoms with E-state index in [1.54, 1.807) is 0 Å². The fourth-order valence-electron chi connectivity index (χ4n) is 1.25. The van der Waals surface area contributed by atoms with Crippen molar-refractivity contribution in [2.45, 2.75) is 6.18 Å². The molecule has 0 aliphatic carbocycles. The fraction of sp³-hybridized carbons (Fsp3) is 0.111. The molecular weight excluding hydrogens is 248 g/mol. The van der Waals surface area contributed by atoms with Gasteiger partial charge in [-0.2, -0.15) is 13.2 Å². The molecule has 0 saturated carbocycles. The molecule has 2 rings (SSSR count). The molecule has 0 aliphatic heterocycles. The van der Waals surface area contributed by atoms with Gasteiger partial charge in [0.05, 0.1) is 17.3 Å². The van der Waals surface area contributed by atoms with Crippen LogP contribution in [0.2, 0.25) is 5.15 Å². The summed E-state index contributed by atoms with van der Waals surface area (Å²) in [6.45, 7) is 0. The van der Waals surface area contributed by atoms with E-state index in [-0.39, 0.29) is 10.7 Å². The Morgan fingerprint density at radius 3 is 2.50 bits per heavy atom. The van der Waals surface area contributed by atoms with Crippen LogP contribution >= 0.6 is 11.6 Å². The molecule has 0 fully saturated rings. The van der Waals surface area contributed by atoms with Crippen LogP contribution in [0, 0.1) is 5.82 Å². The summed E-state index contributed by atoms with van der Waals surface area (Å²) in [5.74, 6) is -1.44. The molecule has 1 aromatic carbocycles. The maximum Gasteiger partial charge on any atom is 0.419 e. The number of rotatable bonds is 0. The Labute approximate surface area is 91.9 Å². The van der Waals surface area contributed by atoms with Crippen LogP contribution in [0.1, 0.15) is 5.56 Å². The van der Waals surface area contributed by atoms with E-state index in [2.05, 4.69) is 9.97 Å². The Morgan fingerprint density at radius 2 is 1.88 bits per heavy atom. The summed E-state index contributed by atoms with van der Waals surface area (Å²) < 4.78 is 50.5. The van der Waals surface area contributed by atoms with Crippen LogP contribution in [0.5, 0.6) is 0 Å². The van der Waals surface area contributed by atoms with E-state index in [0.717, 1.165) is 12.3 Å². The lowest BCUT2D eigenvalue weighted by atomic mass is 10.1. The molecule has 2 nitrogen and oxygen atoms in total. The Balaban J connectivity index is 2.75. The molecule has 1 aromatic heterocycles. The van der Waals surface area contributed by atoms with E-state index in [9.17, 15) is 17.6 Å². The molecule has 0 saturated heterocycles. The standard InChI is InChI=1S/C9H3ClF4N2/c10-6-3-15-8-5(16-6)2-1-4(7(8)11)9(12,13)14/h1-3H. The third-order valence-electron chi connectivity index (χ3n) is 1.93. The zero-order valence-corrected chi connectivity index (χ0v) is 8.27. The normalized spacial score (nSPS) is 12.1. The third-order valence-corrected chi connectivity index (χ3v) is 2.11. The van der Waals surface area contributed by atoms with Crippen molar-refractivity contribution in [3.05, 3.63) is 34.9 Å². The van der Waals surface area contributed by atoms with Gasteiger partial charge in [0.1, 0.15) is 10.7 Å². The van der Waals surface area contributed by atoms with Crippen molar-refractivity contribution in [3.8, 4) is 0 Å². The second-order valence-corrected chi connectivity index (χ2v) is 3.37. The van der Waals surface area contributed by atoms with Crippen molar-refractivity contribution < 1.29 is 17.6 Å². The summed E-state index contributed by atoms with van der Waals surface area (Å²) >= 11 is 5.48. The lowest BCUT2D eigenvalue weighted by Gasteiger charge is -2.08. The highest BCUT2D eigenvalue weighted by Gasteiger charge is 2.35. The summed E-state index contributed by atoms with van der Waals surface area (Å²) in [4.78, 5) is 7.14. The number of aromatic nitrogens is 2. The van der Waals surface area contributed by atoms with E-state index in [1.165, 1.54) is 0 Å². The van der Waals surface area contributed by atoms with Crippen LogP contribution in [0.25, 0.3) is 11.0 Å². The number of halogens is 5. The van der Waals surface area contributed by atoms with Crippen LogP contribution in [-0.2, 0) is 6.18 Å². The molecule has 0 bridgehead atoms. The summed E-state index contributed by atoms with van der Waals surface area (Å²) in [5.41, 5.74) is -1.83. The van der Waals surface area contributed by atoms with Gasteiger partial charge in [-0.1, -0.05) is 11.6 Å². The lowest BCUT2D eigenvalue weighted by Crippen LogP contribution is -2.08. The molecule has 84 valence electrons. The molecule has 0 radical (unpaired) electrons. The molecule has 0 amide bonds. The number of alkyl halides is 3. The average Bonchev–Trinajstić information content (AvgIpc) is 2.15. The third kappa shape index (κ3) is 1.80. The van der Waals surface area contributed by atoms with Crippen LogP contribution in [0.4, 0.5) is 17.6 Å². The van der Waals surface area contributed by atoms with Gasteiger partial charge < -0.3 is 0 Å². The van der Waals surface area contributed by atoms with Crippen molar-refractivity contribution in [2.24, 2.45) is 0 Å². The van der Waals surface area contributed by atoms with Gasteiger partial charge in [0, 0.05) is 0 Å². The highest BCUT2D eigenvalue weighted by atomic mass is 35.5. The van der Waals surface area contributed by atoms with E-state index in [1.807, 2.05) is 0 Å². The number of nitrogens with zero attached hydrogens (tertiary/aromatic N) is 2. The largest absolute Gasteiger partial charge is 0.419 e. The van der Waals surface area contributed by atoms with Gasteiger partial charge in [-0.25, -0.2) is 14.4 Å². The molecular formula is C9H3ClF4N2. The van der Waals surface area contributed by atoms with Gasteiger partial charge in [-0.15, -0.1) is 0 Å². The first-order chi connectivity index (χ1) is 7.39. The minimum Gasteiger partial charge on any atom is -0.248 e. The van der Waals surface area contributed by atoms with Gasteiger partial charge in [-0.3, -0.25) is 0 Å². The van der Waals surface area contributed by atoms with Gasteiger partial charge in [0.15, 0.2) is 5.82 Å². The molecule has 2 aromatic rings. The first-order valence-electron chi connectivity index (χ1n) is 4.07. The quantitative estimate of drug-likeness (QED) is 0.670. The summed E-state index contributed by atoms with van der Waals surface area (Å²) in [6, 6.07) is 1.64. The Hall–Kier alpha value is -1.43. The van der Waals surface area contributed by atoms with Crippen LogP contribution < -0.4 is 0 Å². The molecule has 0 spiro atoms. The smallest absolute Gasteiger partial charge is 0.248 e. The summed E-state index contributed by atoms with van der Waals surface area (Å²) in [6.07, 6.45) is -3.76. The van der Waals surface area contributed by atoms with Crippen molar-refractivity contribution in [3.63, 3.8) is 0 Å². The van der Waals surface area contributed by atoms with Crippen molar-refractivity contribution in [1.82, 2.24) is 9.97 Å². The lowest BCUT2D eigenvalue weighted by molar-refractivity contribution is -0.139. The molecule has 1 heterocycles. The van der Waals surface area contributed by atoms with Gasteiger partial charge in [-0.05, 0) is 12.1 Å². The second kappa shape index (κ2) is 3.55. The molecule has 7 heteroatoms. The van der Waals surface area contributed by atoms with E-state index in [0.29, 0.717) is 6.07 Å². The van der Waals surface area contributed by atoms with Crippen LogP contribution in [0.15, 0.2) is 18.3 Å². The van der Waals surface area contributed by atoms with E-state index >= 15 is 0 Å². The highest BCUT2D eigenvalue weighted by molar-refractivity contribution is 6.29. The number of benzene rings is 1. The fourth-order valence-corrected chi connectivity index (χ4v) is 1.39. The van der Waals surface area contributed by atoms with Crippen molar-refractivity contribution in [1.29, 1.82) is 0 Å². The minimum absolute atomic E-state index is 0.00772. The summed E-state index contributed by atoms with van der Waals surface area (Å²) in [5, 5.41) is -0.00772. The predicted molar refractivity (Wildman–Crippen MR) is 49.5 cm³/mol. The Kier molecular flexibility index (Phi) is 2.46. The zero-order chi connectivity index (χ0) is 11.9. The average molecular weight is 251 g/mol. The SMILES string of the molecule is Fc1c(C(F)(F)F)ccc2nc(Cl)cnc12. The molecule has 16 heavy (non-hydrogen) atoms. The maximum absolute atomic E-state index is 13.4. The van der Waals surface area contributed by atoms with Gasteiger partial charge in [0.25, 0.3) is 0 Å². The second-order valence-electron chi connectivity index (χ2n) is 2.99. The Bertz CT molecular complexity index is 553. The number of hydrogen-bond donors (Lipinski definition) is 0. The van der Waals surface area contributed by atoms with Crippen molar-refractivity contribution in [2.75, 3.05) is 0 Å². The van der Waals surface area contributed by atoms with E-state index < -0.39 is 23.1 Å². The molecule has 0 N–H and O–H groups in total. The molecule has 0 atom stereocenters. The van der Waals surface area contributed by atoms with Crippen molar-refractivity contribution >= 4 is 22.6 Å². The zero-order valence-electron chi connectivity index (χ0n) is 7.52. The maximum atomic E-state index is 13.4. The number of hydrogen-bond acceptors (Lipinski definition) is 2. The minimum atomic E-state index is -4.75. The molecule has 0 unspecified atom stereocenters. The number of fused-ring (bicyclic) bond motifs is 1. The van der Waals surface area contributed by atoms with Crippen LogP contribution in [-0.4, -0.2) is 9.97 Å². The van der Waals surface area contributed by atoms with E-state index in [4.69, 9.17) is 11.6 Å². The molecule has 0 aliphatic rings. The Morgan fingerprint density at radius 1 is 1.19 bits per heavy atom. The predicted octanol–water partition coefficient (Wildman–Crippen LogP) is 3.44. The monoisotopic (exact) mass is 250 g/mol. The first kappa shape index (κ1) is 11.1. The summed E-state index contributed by atoms with van der Waals surface area (Å²) in [7, 11) is 0. The highest BCUT2D eigenvalue weighted by Crippen LogP contribution is 2.33. The van der Waals surface area contributed by atoms with Crippen LogP contribution in [0.3, 0.4) is 0 Å². The first-order valence-corrected chi connectivity index (χ1v) is 4.45.